The van der Waals surface area contributed by atoms with E-state index in [0.29, 0.717) is 28.6 Å². The molecule has 9 heteroatoms. The molecule has 0 spiro atoms. The number of oxazole rings is 1. The van der Waals surface area contributed by atoms with Crippen LogP contribution in [0.2, 0.25) is 0 Å². The SMILES string of the molecule is CCC(C)c1ccc2oc(-c3cccc(NC(=S)NC(=O)/C=C/c4cccc([N+](=O)[O-])c4)c3)nc2c1. The number of hydrogen-bond acceptors (Lipinski definition) is 6. The predicted octanol–water partition coefficient (Wildman–Crippen LogP) is 6.44. The van der Waals surface area contributed by atoms with Gasteiger partial charge in [-0.05, 0) is 72.1 Å². The van der Waals surface area contributed by atoms with Crippen LogP contribution < -0.4 is 10.6 Å². The fourth-order valence-electron chi connectivity index (χ4n) is 3.57. The molecule has 1 unspecified atom stereocenters. The summed E-state index contributed by atoms with van der Waals surface area (Å²) < 4.78 is 5.95. The lowest BCUT2D eigenvalue weighted by Crippen LogP contribution is -2.32. The zero-order valence-electron chi connectivity index (χ0n) is 19.7. The molecule has 0 radical (unpaired) electrons. The van der Waals surface area contributed by atoms with E-state index in [-0.39, 0.29) is 10.8 Å². The second-order valence-corrected chi connectivity index (χ2v) is 8.67. The van der Waals surface area contributed by atoms with Crippen molar-refractivity contribution in [2.75, 3.05) is 5.32 Å². The van der Waals surface area contributed by atoms with Crippen LogP contribution in [0.3, 0.4) is 0 Å². The number of non-ortho nitro benzene ring substituents is 1. The Labute approximate surface area is 213 Å². The summed E-state index contributed by atoms with van der Waals surface area (Å²) in [7, 11) is 0. The summed E-state index contributed by atoms with van der Waals surface area (Å²) in [5.74, 6) is 0.468. The smallest absolute Gasteiger partial charge is 0.270 e. The van der Waals surface area contributed by atoms with Gasteiger partial charge in [0.2, 0.25) is 11.8 Å². The van der Waals surface area contributed by atoms with E-state index in [1.807, 2.05) is 30.3 Å². The summed E-state index contributed by atoms with van der Waals surface area (Å²) in [6.07, 6.45) is 3.78. The Morgan fingerprint density at radius 2 is 1.97 bits per heavy atom. The van der Waals surface area contributed by atoms with Crippen molar-refractivity contribution in [2.45, 2.75) is 26.2 Å². The molecule has 0 saturated heterocycles. The third-order valence-electron chi connectivity index (χ3n) is 5.71. The number of nitrogens with one attached hydrogen (secondary N) is 2. The lowest BCUT2D eigenvalue weighted by atomic mass is 9.98. The Kier molecular flexibility index (Phi) is 7.50. The van der Waals surface area contributed by atoms with E-state index in [4.69, 9.17) is 16.6 Å². The number of amides is 1. The number of benzene rings is 3. The van der Waals surface area contributed by atoms with Crippen LogP contribution in [0, 0.1) is 10.1 Å². The molecule has 0 bridgehead atoms. The molecule has 1 atom stereocenters. The fourth-order valence-corrected chi connectivity index (χ4v) is 3.79. The van der Waals surface area contributed by atoms with Crippen molar-refractivity contribution in [1.29, 1.82) is 0 Å². The highest BCUT2D eigenvalue weighted by molar-refractivity contribution is 7.80. The second-order valence-electron chi connectivity index (χ2n) is 8.27. The van der Waals surface area contributed by atoms with Gasteiger partial charge in [-0.3, -0.25) is 20.2 Å². The van der Waals surface area contributed by atoms with E-state index >= 15 is 0 Å². The van der Waals surface area contributed by atoms with Gasteiger partial charge in [-0.15, -0.1) is 0 Å². The minimum absolute atomic E-state index is 0.0514. The zero-order chi connectivity index (χ0) is 25.7. The van der Waals surface area contributed by atoms with Gasteiger partial charge >= 0.3 is 0 Å². The van der Waals surface area contributed by atoms with Gasteiger partial charge in [0.1, 0.15) is 5.52 Å². The molecular weight excluding hydrogens is 476 g/mol. The van der Waals surface area contributed by atoms with Gasteiger partial charge in [-0.25, -0.2) is 4.98 Å². The van der Waals surface area contributed by atoms with Gasteiger partial charge in [-0.1, -0.05) is 38.1 Å². The number of aromatic nitrogens is 1. The Bertz CT molecular complexity index is 1480. The van der Waals surface area contributed by atoms with Gasteiger partial charge < -0.3 is 9.73 Å². The van der Waals surface area contributed by atoms with Crippen LogP contribution in [-0.2, 0) is 4.79 Å². The molecule has 0 aliphatic rings. The van der Waals surface area contributed by atoms with Crippen molar-refractivity contribution in [1.82, 2.24) is 10.3 Å². The molecule has 0 aliphatic carbocycles. The number of nitro benzene ring substituents is 1. The molecule has 3 aromatic carbocycles. The third-order valence-corrected chi connectivity index (χ3v) is 5.91. The number of thiocarbonyl (C=S) groups is 1. The first-order chi connectivity index (χ1) is 17.3. The highest BCUT2D eigenvalue weighted by atomic mass is 32.1. The minimum atomic E-state index is -0.490. The normalized spacial score (nSPS) is 11.9. The van der Waals surface area contributed by atoms with Crippen LogP contribution in [0.1, 0.15) is 37.3 Å². The molecule has 1 amide bonds. The Balaban J connectivity index is 1.41. The van der Waals surface area contributed by atoms with Crippen molar-refractivity contribution < 1.29 is 14.1 Å². The number of carbonyl (C=O) groups is 1. The van der Waals surface area contributed by atoms with Crippen LogP contribution in [0.25, 0.3) is 28.6 Å². The number of nitro groups is 1. The van der Waals surface area contributed by atoms with Crippen molar-refractivity contribution in [3.8, 4) is 11.5 Å². The molecule has 0 saturated carbocycles. The highest BCUT2D eigenvalue weighted by Gasteiger charge is 2.12. The third kappa shape index (κ3) is 6.00. The topological polar surface area (TPSA) is 110 Å². The lowest BCUT2D eigenvalue weighted by Gasteiger charge is -2.08. The number of hydrogen-bond donors (Lipinski definition) is 2. The molecular formula is C27H24N4O4S. The first kappa shape index (κ1) is 24.7. The van der Waals surface area contributed by atoms with Crippen LogP contribution in [0.4, 0.5) is 11.4 Å². The van der Waals surface area contributed by atoms with E-state index in [1.54, 1.807) is 12.1 Å². The van der Waals surface area contributed by atoms with Crippen LogP contribution in [-0.4, -0.2) is 20.9 Å². The maximum atomic E-state index is 12.2. The van der Waals surface area contributed by atoms with Crippen molar-refractivity contribution in [2.24, 2.45) is 0 Å². The number of nitrogens with zero attached hydrogens (tertiary/aromatic N) is 2. The molecule has 4 rings (SSSR count). The molecule has 0 fully saturated rings. The zero-order valence-corrected chi connectivity index (χ0v) is 20.5. The summed E-state index contributed by atoms with van der Waals surface area (Å²) in [5, 5.41) is 16.5. The summed E-state index contributed by atoms with van der Waals surface area (Å²) >= 11 is 5.26. The second kappa shape index (κ2) is 10.9. The van der Waals surface area contributed by atoms with Crippen LogP contribution >= 0.6 is 12.2 Å². The minimum Gasteiger partial charge on any atom is -0.436 e. The number of carbonyl (C=O) groups excluding carboxylic acids is 1. The molecule has 182 valence electrons. The van der Waals surface area contributed by atoms with Crippen LogP contribution in [0.15, 0.2) is 77.2 Å². The van der Waals surface area contributed by atoms with Gasteiger partial charge in [0.15, 0.2) is 10.7 Å². The summed E-state index contributed by atoms with van der Waals surface area (Å²) in [6.45, 7) is 4.34. The maximum Gasteiger partial charge on any atom is 0.270 e. The van der Waals surface area contributed by atoms with Gasteiger partial charge in [0, 0.05) is 29.5 Å². The number of anilines is 1. The molecule has 1 heterocycles. The van der Waals surface area contributed by atoms with Gasteiger partial charge in [0.05, 0.1) is 4.92 Å². The molecule has 1 aromatic heterocycles. The molecule has 4 aromatic rings. The largest absolute Gasteiger partial charge is 0.436 e. The first-order valence-corrected chi connectivity index (χ1v) is 11.8. The number of rotatable bonds is 7. The summed E-state index contributed by atoms with van der Waals surface area (Å²) in [4.78, 5) is 27.3. The standard InChI is InChI=1S/C27H24N4O4S/c1-3-17(2)19-11-12-24-23(16-19)29-26(35-24)20-7-5-8-21(15-20)28-27(36)30-25(32)13-10-18-6-4-9-22(14-18)31(33)34/h4-17H,3H2,1-2H3,(H2,28,30,32,36)/b13-10+. The van der Waals surface area contributed by atoms with E-state index in [2.05, 4.69) is 41.6 Å². The Morgan fingerprint density at radius 1 is 1.17 bits per heavy atom. The van der Waals surface area contributed by atoms with Crippen molar-refractivity contribution >= 4 is 51.8 Å². The highest BCUT2D eigenvalue weighted by Crippen LogP contribution is 2.29. The van der Waals surface area contributed by atoms with Gasteiger partial charge in [0.25, 0.3) is 5.69 Å². The van der Waals surface area contributed by atoms with E-state index in [9.17, 15) is 14.9 Å². The van der Waals surface area contributed by atoms with E-state index < -0.39 is 10.8 Å². The molecule has 0 aliphatic heterocycles. The summed E-state index contributed by atoms with van der Waals surface area (Å²) in [5.41, 5.74) is 4.64. The molecule has 36 heavy (non-hydrogen) atoms. The van der Waals surface area contributed by atoms with Crippen molar-refractivity contribution in [3.05, 3.63) is 94.0 Å². The monoisotopic (exact) mass is 500 g/mol. The average Bonchev–Trinajstić information content (AvgIpc) is 3.31. The maximum absolute atomic E-state index is 12.2. The first-order valence-electron chi connectivity index (χ1n) is 11.4. The van der Waals surface area contributed by atoms with Gasteiger partial charge in [-0.2, -0.15) is 0 Å². The van der Waals surface area contributed by atoms with Crippen LogP contribution in [0.5, 0.6) is 0 Å². The Morgan fingerprint density at radius 3 is 2.75 bits per heavy atom. The fraction of sp³-hybridized carbons (Fsp3) is 0.148. The number of fused-ring (bicyclic) bond motifs is 1. The lowest BCUT2D eigenvalue weighted by molar-refractivity contribution is -0.384. The molecule has 8 nitrogen and oxygen atoms in total. The van der Waals surface area contributed by atoms with E-state index in [0.717, 1.165) is 17.5 Å². The average molecular weight is 501 g/mol. The molecule has 2 N–H and O–H groups in total. The summed E-state index contributed by atoms with van der Waals surface area (Å²) in [6, 6.07) is 19.4. The van der Waals surface area contributed by atoms with Crippen molar-refractivity contribution in [3.63, 3.8) is 0 Å². The van der Waals surface area contributed by atoms with E-state index in [1.165, 1.54) is 29.8 Å². The Hall–Kier alpha value is -4.37. The quantitative estimate of drug-likeness (QED) is 0.130. The predicted molar refractivity (Wildman–Crippen MR) is 145 cm³/mol.